The number of carbonyl (C=O) groups is 2. The molecule has 0 spiro atoms. The Morgan fingerprint density at radius 1 is 1.06 bits per heavy atom. The number of ether oxygens (including phenoxy) is 1. The largest absolute Gasteiger partial charge is 0.493 e. The van der Waals surface area contributed by atoms with Gasteiger partial charge < -0.3 is 14.5 Å². The molecule has 0 bridgehead atoms. The Kier molecular flexibility index (Phi) is 8.60. The Labute approximate surface area is 219 Å². The number of piperidine rings is 2. The average molecular weight is 515 g/mol. The first kappa shape index (κ1) is 26.5. The first-order valence-corrected chi connectivity index (χ1v) is 13.6. The highest BCUT2D eigenvalue weighted by molar-refractivity contribution is 6.30. The number of aryl methyl sites for hydroxylation is 1. The maximum Gasteiger partial charge on any atom is 0.272 e. The van der Waals surface area contributed by atoms with Gasteiger partial charge in [0.15, 0.2) is 0 Å². The van der Waals surface area contributed by atoms with Crippen molar-refractivity contribution in [2.75, 3.05) is 32.8 Å². The van der Waals surface area contributed by atoms with Gasteiger partial charge in [-0.05, 0) is 68.7 Å². The molecule has 36 heavy (non-hydrogen) atoms. The van der Waals surface area contributed by atoms with E-state index in [0.717, 1.165) is 50.9 Å². The second kappa shape index (κ2) is 11.7. The van der Waals surface area contributed by atoms with Gasteiger partial charge in [0, 0.05) is 50.1 Å². The molecule has 0 aliphatic carbocycles. The molecule has 2 fully saturated rings. The molecule has 3 heterocycles. The van der Waals surface area contributed by atoms with Crippen LogP contribution in [-0.4, -0.2) is 64.2 Å². The lowest BCUT2D eigenvalue weighted by Gasteiger charge is -2.42. The highest BCUT2D eigenvalue weighted by atomic mass is 35.5. The van der Waals surface area contributed by atoms with Gasteiger partial charge in [-0.15, -0.1) is 0 Å². The minimum atomic E-state index is -0.317. The summed E-state index contributed by atoms with van der Waals surface area (Å²) in [6.45, 7) is 7.60. The van der Waals surface area contributed by atoms with Crippen molar-refractivity contribution >= 4 is 23.4 Å². The molecule has 2 aliphatic rings. The Morgan fingerprint density at radius 3 is 2.44 bits per heavy atom. The van der Waals surface area contributed by atoms with E-state index in [4.69, 9.17) is 16.3 Å². The van der Waals surface area contributed by atoms with E-state index in [2.05, 4.69) is 18.9 Å². The standard InChI is InChI=1S/C28H39ClN4O3/c1-21(2)16-23-18-25(31(3)30-23)27(35)33-14-10-28(11-15-33,19-26(34)32-12-5-4-6-13-32)20-36-24-9-7-8-22(29)17-24/h7-9,17-18,21H,4-6,10-16,19-20H2,1-3H3. The van der Waals surface area contributed by atoms with Gasteiger partial charge in [0.1, 0.15) is 11.4 Å². The van der Waals surface area contributed by atoms with Crippen LogP contribution in [0, 0.1) is 11.3 Å². The van der Waals surface area contributed by atoms with Crippen LogP contribution in [0.2, 0.25) is 5.02 Å². The second-order valence-electron chi connectivity index (χ2n) is 10.9. The molecular weight excluding hydrogens is 476 g/mol. The summed E-state index contributed by atoms with van der Waals surface area (Å²) < 4.78 is 7.88. The Hall–Kier alpha value is -2.54. The first-order chi connectivity index (χ1) is 17.2. The van der Waals surface area contributed by atoms with Gasteiger partial charge in [-0.25, -0.2) is 0 Å². The molecular formula is C28H39ClN4O3. The Morgan fingerprint density at radius 2 is 1.78 bits per heavy atom. The molecule has 0 saturated carbocycles. The zero-order valence-electron chi connectivity index (χ0n) is 21.8. The molecule has 8 heteroatoms. The third-order valence-corrected chi connectivity index (χ3v) is 7.69. The summed E-state index contributed by atoms with van der Waals surface area (Å²) in [5, 5.41) is 5.17. The monoisotopic (exact) mass is 514 g/mol. The van der Waals surface area contributed by atoms with Crippen molar-refractivity contribution < 1.29 is 14.3 Å². The number of halogens is 1. The van der Waals surface area contributed by atoms with Crippen LogP contribution in [0.3, 0.4) is 0 Å². The molecule has 2 saturated heterocycles. The van der Waals surface area contributed by atoms with Crippen LogP contribution >= 0.6 is 11.6 Å². The van der Waals surface area contributed by atoms with E-state index in [1.165, 1.54) is 6.42 Å². The van der Waals surface area contributed by atoms with Gasteiger partial charge in [-0.1, -0.05) is 31.5 Å². The van der Waals surface area contributed by atoms with Crippen LogP contribution in [0.25, 0.3) is 0 Å². The maximum atomic E-state index is 13.4. The molecule has 0 unspecified atom stereocenters. The van der Waals surface area contributed by atoms with Gasteiger partial charge in [0.25, 0.3) is 5.91 Å². The highest BCUT2D eigenvalue weighted by Gasteiger charge is 2.40. The number of likely N-dealkylation sites (tertiary alicyclic amines) is 2. The summed E-state index contributed by atoms with van der Waals surface area (Å²) in [5.41, 5.74) is 1.25. The second-order valence-corrected chi connectivity index (χ2v) is 11.3. The molecule has 1 aromatic carbocycles. The Balaban J connectivity index is 1.45. The number of rotatable bonds is 8. The highest BCUT2D eigenvalue weighted by Crippen LogP contribution is 2.37. The van der Waals surface area contributed by atoms with Crippen LogP contribution < -0.4 is 4.74 Å². The topological polar surface area (TPSA) is 67.7 Å². The van der Waals surface area contributed by atoms with Crippen molar-refractivity contribution in [3.05, 3.63) is 46.7 Å². The number of aromatic nitrogens is 2. The van der Waals surface area contributed by atoms with E-state index >= 15 is 0 Å². The van der Waals surface area contributed by atoms with Crippen molar-refractivity contribution in [2.45, 2.75) is 58.8 Å². The predicted molar refractivity (Wildman–Crippen MR) is 141 cm³/mol. The smallest absolute Gasteiger partial charge is 0.272 e. The van der Waals surface area contributed by atoms with Crippen LogP contribution in [0.15, 0.2) is 30.3 Å². The van der Waals surface area contributed by atoms with Crippen LogP contribution in [0.1, 0.15) is 68.6 Å². The SMILES string of the molecule is CC(C)Cc1cc(C(=O)N2CCC(COc3cccc(Cl)c3)(CC(=O)N3CCCCC3)CC2)n(C)n1. The fourth-order valence-electron chi connectivity index (χ4n) is 5.33. The van der Waals surface area contributed by atoms with Crippen molar-refractivity contribution in [3.63, 3.8) is 0 Å². The predicted octanol–water partition coefficient (Wildman–Crippen LogP) is 4.98. The molecule has 2 amide bonds. The number of benzene rings is 1. The molecule has 1 aromatic heterocycles. The summed E-state index contributed by atoms with van der Waals surface area (Å²) in [7, 11) is 1.83. The van der Waals surface area contributed by atoms with Crippen molar-refractivity contribution in [2.24, 2.45) is 18.4 Å². The zero-order valence-corrected chi connectivity index (χ0v) is 22.6. The quantitative estimate of drug-likeness (QED) is 0.498. The van der Waals surface area contributed by atoms with E-state index in [1.807, 2.05) is 41.1 Å². The molecule has 0 atom stereocenters. The summed E-state index contributed by atoms with van der Waals surface area (Å²) in [5.74, 6) is 1.40. The van der Waals surface area contributed by atoms with Gasteiger partial charge in [0.2, 0.25) is 5.91 Å². The molecule has 2 aromatic rings. The molecule has 2 aliphatic heterocycles. The number of hydrogen-bond acceptors (Lipinski definition) is 4. The van der Waals surface area contributed by atoms with E-state index in [-0.39, 0.29) is 17.2 Å². The van der Waals surface area contributed by atoms with E-state index in [1.54, 1.807) is 10.7 Å². The van der Waals surface area contributed by atoms with Gasteiger partial charge in [0.05, 0.1) is 12.3 Å². The summed E-state index contributed by atoms with van der Waals surface area (Å²) in [6, 6.07) is 9.30. The van der Waals surface area contributed by atoms with Crippen molar-refractivity contribution in [1.82, 2.24) is 19.6 Å². The lowest BCUT2D eigenvalue weighted by molar-refractivity contribution is -0.136. The van der Waals surface area contributed by atoms with Crippen molar-refractivity contribution in [3.8, 4) is 5.75 Å². The molecule has 0 N–H and O–H groups in total. The van der Waals surface area contributed by atoms with Crippen LogP contribution in [0.5, 0.6) is 5.75 Å². The molecule has 196 valence electrons. The van der Waals surface area contributed by atoms with E-state index in [9.17, 15) is 9.59 Å². The first-order valence-electron chi connectivity index (χ1n) is 13.2. The third kappa shape index (κ3) is 6.61. The number of nitrogens with zero attached hydrogens (tertiary/aromatic N) is 4. The van der Waals surface area contributed by atoms with E-state index in [0.29, 0.717) is 48.5 Å². The Bertz CT molecular complexity index is 1050. The average Bonchev–Trinajstić information content (AvgIpc) is 3.22. The summed E-state index contributed by atoms with van der Waals surface area (Å²) in [4.78, 5) is 30.5. The fraction of sp³-hybridized carbons (Fsp3) is 0.607. The maximum absolute atomic E-state index is 13.4. The number of amides is 2. The zero-order chi connectivity index (χ0) is 25.7. The van der Waals surface area contributed by atoms with Crippen LogP contribution in [-0.2, 0) is 18.3 Å². The lowest BCUT2D eigenvalue weighted by atomic mass is 9.75. The summed E-state index contributed by atoms with van der Waals surface area (Å²) >= 11 is 6.15. The van der Waals surface area contributed by atoms with E-state index < -0.39 is 0 Å². The molecule has 7 nitrogen and oxygen atoms in total. The van der Waals surface area contributed by atoms with Crippen molar-refractivity contribution in [1.29, 1.82) is 0 Å². The minimum Gasteiger partial charge on any atom is -0.493 e. The third-order valence-electron chi connectivity index (χ3n) is 7.45. The fourth-order valence-corrected chi connectivity index (χ4v) is 5.51. The number of carbonyl (C=O) groups excluding carboxylic acids is 2. The van der Waals surface area contributed by atoms with Gasteiger partial charge in [-0.2, -0.15) is 5.10 Å². The molecule has 4 rings (SSSR count). The van der Waals surface area contributed by atoms with Crippen LogP contribution in [0.4, 0.5) is 0 Å². The lowest BCUT2D eigenvalue weighted by Crippen LogP contribution is -2.48. The normalized spacial score (nSPS) is 17.9. The minimum absolute atomic E-state index is 0.00622. The molecule has 0 radical (unpaired) electrons. The summed E-state index contributed by atoms with van der Waals surface area (Å²) in [6.07, 6.45) is 6.07. The van der Waals surface area contributed by atoms with Gasteiger partial charge >= 0.3 is 0 Å². The van der Waals surface area contributed by atoms with Gasteiger partial charge in [-0.3, -0.25) is 14.3 Å². The number of hydrogen-bond donors (Lipinski definition) is 0.